The van der Waals surface area contributed by atoms with Crippen molar-refractivity contribution in [2.75, 3.05) is 6.61 Å². The van der Waals surface area contributed by atoms with Crippen LogP contribution in [0.25, 0.3) is 10.9 Å². The molecule has 8 heteroatoms. The van der Waals surface area contributed by atoms with Crippen molar-refractivity contribution in [1.29, 1.82) is 0 Å². The first-order valence-electron chi connectivity index (χ1n) is 6.58. The van der Waals surface area contributed by atoms with Gasteiger partial charge in [-0.1, -0.05) is 15.9 Å². The van der Waals surface area contributed by atoms with Gasteiger partial charge in [-0.2, -0.15) is 0 Å². The smallest absolute Gasteiger partial charge is 0.332 e. The highest BCUT2D eigenvalue weighted by atomic mass is 79.9. The van der Waals surface area contributed by atoms with E-state index in [1.54, 1.807) is 19.1 Å². The number of nitrogens with one attached hydrogen (secondary N) is 1. The first kappa shape index (κ1) is 16.2. The van der Waals surface area contributed by atoms with Crippen LogP contribution in [0.3, 0.4) is 0 Å². The molecule has 0 amide bonds. The van der Waals surface area contributed by atoms with Crippen LogP contribution in [0.5, 0.6) is 0 Å². The van der Waals surface area contributed by atoms with Crippen LogP contribution in [0.4, 0.5) is 5.69 Å². The van der Waals surface area contributed by atoms with Crippen LogP contribution in [0.2, 0.25) is 0 Å². The summed E-state index contributed by atoms with van der Waals surface area (Å²) in [5.41, 5.74) is 0.0451. The molecule has 0 aliphatic carbocycles. The highest BCUT2D eigenvalue weighted by Crippen LogP contribution is 2.24. The van der Waals surface area contributed by atoms with Crippen molar-refractivity contribution in [1.82, 2.24) is 4.98 Å². The Morgan fingerprint density at radius 2 is 2.18 bits per heavy atom. The Hall–Kier alpha value is -2.22. The van der Waals surface area contributed by atoms with Gasteiger partial charge in [0.1, 0.15) is 0 Å². The molecule has 0 saturated carbocycles. The summed E-state index contributed by atoms with van der Waals surface area (Å²) in [6, 6.07) is 3.23. The van der Waals surface area contributed by atoms with Gasteiger partial charge in [0, 0.05) is 10.9 Å². The highest BCUT2D eigenvalue weighted by Gasteiger charge is 2.16. The third kappa shape index (κ3) is 3.33. The zero-order valence-corrected chi connectivity index (χ0v) is 13.3. The normalized spacial score (nSPS) is 10.6. The summed E-state index contributed by atoms with van der Waals surface area (Å²) in [7, 11) is 0. The molecule has 0 aliphatic heterocycles. The number of nitrogens with zero attached hydrogens (tertiary/aromatic N) is 1. The number of aromatic amines is 1. The van der Waals surface area contributed by atoms with E-state index in [2.05, 4.69) is 20.9 Å². The number of hydrogen-bond donors (Lipinski definition) is 1. The van der Waals surface area contributed by atoms with Crippen molar-refractivity contribution in [3.63, 3.8) is 0 Å². The van der Waals surface area contributed by atoms with Gasteiger partial charge in [0.05, 0.1) is 28.6 Å². The number of H-pyrrole nitrogens is 1. The molecular weight excluding hydrogens is 356 g/mol. The number of halogens is 1. The summed E-state index contributed by atoms with van der Waals surface area (Å²) in [5.74, 6) is -0.331. The third-order valence-corrected chi connectivity index (χ3v) is 3.87. The number of ether oxygens (including phenoxy) is 1. The predicted molar refractivity (Wildman–Crippen MR) is 83.9 cm³/mol. The molecule has 0 radical (unpaired) electrons. The molecule has 0 bridgehead atoms. The van der Waals surface area contributed by atoms with E-state index in [9.17, 15) is 19.7 Å². The Balaban J connectivity index is 2.41. The summed E-state index contributed by atoms with van der Waals surface area (Å²) in [6.45, 7) is 2.03. The van der Waals surface area contributed by atoms with E-state index < -0.39 is 16.0 Å². The monoisotopic (exact) mass is 368 g/mol. The number of carbonyl (C=O) groups excluding carboxylic acids is 1. The van der Waals surface area contributed by atoms with Gasteiger partial charge in [-0.05, 0) is 31.0 Å². The summed E-state index contributed by atoms with van der Waals surface area (Å²) >= 11 is 3.37. The lowest BCUT2D eigenvalue weighted by Crippen LogP contribution is -2.10. The second-order valence-corrected chi connectivity index (χ2v) is 5.41. The second kappa shape index (κ2) is 6.69. The number of benzene rings is 1. The quantitative estimate of drug-likeness (QED) is 0.496. The van der Waals surface area contributed by atoms with Gasteiger partial charge >= 0.3 is 11.7 Å². The lowest BCUT2D eigenvalue weighted by Gasteiger charge is -2.07. The number of nitro groups is 1. The molecule has 1 heterocycles. The molecule has 2 rings (SSSR count). The maximum atomic E-state index is 12.1. The SMILES string of the molecule is CCOC(=O)CCc1cc2c(=O)c([N+](=O)[O-])c[nH]c2cc1Br. The average molecular weight is 369 g/mol. The molecule has 0 atom stereocenters. The van der Waals surface area contributed by atoms with Gasteiger partial charge in [0.2, 0.25) is 0 Å². The standard InChI is InChI=1S/C14H13BrN2O5/c1-2-22-13(18)4-3-8-5-9-11(6-10(8)15)16-7-12(14(9)19)17(20)21/h5-7H,2-4H2,1H3,(H,16,19). The largest absolute Gasteiger partial charge is 0.466 e. The Morgan fingerprint density at radius 1 is 1.45 bits per heavy atom. The molecule has 22 heavy (non-hydrogen) atoms. The van der Waals surface area contributed by atoms with Gasteiger partial charge in [-0.3, -0.25) is 19.7 Å². The zero-order valence-electron chi connectivity index (χ0n) is 11.7. The molecule has 0 spiro atoms. The van der Waals surface area contributed by atoms with Crippen LogP contribution in [0, 0.1) is 10.1 Å². The first-order valence-corrected chi connectivity index (χ1v) is 7.37. The molecular formula is C14H13BrN2O5. The number of pyridine rings is 1. The maximum absolute atomic E-state index is 12.1. The van der Waals surface area contributed by atoms with Crippen molar-refractivity contribution in [2.24, 2.45) is 0 Å². The van der Waals surface area contributed by atoms with E-state index in [0.717, 1.165) is 6.20 Å². The Labute approximate surface area is 133 Å². The van der Waals surface area contributed by atoms with E-state index in [1.807, 2.05) is 0 Å². The van der Waals surface area contributed by atoms with Gasteiger partial charge in [-0.15, -0.1) is 0 Å². The van der Waals surface area contributed by atoms with Crippen LogP contribution < -0.4 is 5.43 Å². The van der Waals surface area contributed by atoms with Gasteiger partial charge in [-0.25, -0.2) is 0 Å². The Bertz CT molecular complexity index is 800. The molecule has 0 saturated heterocycles. The van der Waals surface area contributed by atoms with Crippen molar-refractivity contribution in [2.45, 2.75) is 19.8 Å². The van der Waals surface area contributed by atoms with Crippen molar-refractivity contribution >= 4 is 38.5 Å². The van der Waals surface area contributed by atoms with Gasteiger partial charge < -0.3 is 9.72 Å². The summed E-state index contributed by atoms with van der Waals surface area (Å²) in [6.07, 6.45) is 1.62. The summed E-state index contributed by atoms with van der Waals surface area (Å²) < 4.78 is 5.57. The number of fused-ring (bicyclic) bond motifs is 1. The van der Waals surface area contributed by atoms with E-state index in [1.165, 1.54) is 0 Å². The van der Waals surface area contributed by atoms with Crippen molar-refractivity contribution < 1.29 is 14.5 Å². The van der Waals surface area contributed by atoms with Crippen LogP contribution in [0.1, 0.15) is 18.9 Å². The van der Waals surface area contributed by atoms with Gasteiger partial charge in [0.15, 0.2) is 0 Å². The first-order chi connectivity index (χ1) is 10.4. The molecule has 0 unspecified atom stereocenters. The minimum Gasteiger partial charge on any atom is -0.466 e. The van der Waals surface area contributed by atoms with E-state index in [4.69, 9.17) is 4.74 Å². The molecule has 0 aliphatic rings. The minimum absolute atomic E-state index is 0.171. The third-order valence-electron chi connectivity index (χ3n) is 3.13. The van der Waals surface area contributed by atoms with Crippen LogP contribution in [-0.2, 0) is 16.0 Å². The Morgan fingerprint density at radius 3 is 2.82 bits per heavy atom. The Kier molecular flexibility index (Phi) is 4.92. The molecule has 2 aromatic rings. The van der Waals surface area contributed by atoms with E-state index >= 15 is 0 Å². The minimum atomic E-state index is -0.724. The van der Waals surface area contributed by atoms with Crippen LogP contribution in [-0.4, -0.2) is 22.5 Å². The number of aryl methyl sites for hydroxylation is 1. The summed E-state index contributed by atoms with van der Waals surface area (Å²) in [5, 5.41) is 11.0. The number of rotatable bonds is 5. The topological polar surface area (TPSA) is 102 Å². The maximum Gasteiger partial charge on any atom is 0.332 e. The molecule has 1 aromatic carbocycles. The fraction of sp³-hybridized carbons (Fsp3) is 0.286. The molecule has 7 nitrogen and oxygen atoms in total. The van der Waals surface area contributed by atoms with Gasteiger partial charge in [0.25, 0.3) is 5.43 Å². The summed E-state index contributed by atoms with van der Waals surface area (Å²) in [4.78, 5) is 36.3. The van der Waals surface area contributed by atoms with E-state index in [0.29, 0.717) is 28.6 Å². The highest BCUT2D eigenvalue weighted by molar-refractivity contribution is 9.10. The zero-order chi connectivity index (χ0) is 16.3. The number of aromatic nitrogens is 1. The number of hydrogen-bond acceptors (Lipinski definition) is 5. The van der Waals surface area contributed by atoms with Crippen LogP contribution in [0.15, 0.2) is 27.6 Å². The van der Waals surface area contributed by atoms with Crippen molar-refractivity contribution in [3.05, 3.63) is 48.7 Å². The van der Waals surface area contributed by atoms with E-state index in [-0.39, 0.29) is 17.8 Å². The predicted octanol–water partition coefficient (Wildman–Crippen LogP) is 2.69. The number of carbonyl (C=O) groups is 1. The molecule has 0 fully saturated rings. The second-order valence-electron chi connectivity index (χ2n) is 4.55. The van der Waals surface area contributed by atoms with Crippen LogP contribution >= 0.6 is 15.9 Å². The molecule has 1 aromatic heterocycles. The van der Waals surface area contributed by atoms with Crippen molar-refractivity contribution in [3.8, 4) is 0 Å². The lowest BCUT2D eigenvalue weighted by atomic mass is 10.1. The fourth-order valence-corrected chi connectivity index (χ4v) is 2.61. The number of esters is 1. The fourth-order valence-electron chi connectivity index (χ4n) is 2.07. The lowest BCUT2D eigenvalue weighted by molar-refractivity contribution is -0.386. The molecule has 1 N–H and O–H groups in total. The molecule has 116 valence electrons. The average Bonchev–Trinajstić information content (AvgIpc) is 2.45.